The second-order valence-corrected chi connectivity index (χ2v) is 6.05. The smallest absolute Gasteiger partial charge is 0.235 e. The number of hydrogen-bond acceptors (Lipinski definition) is 2. The zero-order chi connectivity index (χ0) is 13.2. The van der Waals surface area contributed by atoms with E-state index in [1.54, 1.807) is 18.3 Å². The maximum atomic E-state index is 14.5. The molecule has 1 aliphatic carbocycles. The van der Waals surface area contributed by atoms with Gasteiger partial charge >= 0.3 is 0 Å². The van der Waals surface area contributed by atoms with Crippen LogP contribution < -0.4 is 5.32 Å². The first kappa shape index (κ1) is 11.3. The van der Waals surface area contributed by atoms with E-state index >= 15 is 0 Å². The minimum absolute atomic E-state index is 0.0116. The molecule has 2 heterocycles. The minimum Gasteiger partial charge on any atom is -0.324 e. The highest BCUT2D eigenvalue weighted by Gasteiger charge is 2.52. The monoisotopic (exact) mass is 320 g/mol. The molecule has 3 nitrogen and oxygen atoms in total. The molecule has 1 fully saturated rings. The molecule has 4 rings (SSSR count). The summed E-state index contributed by atoms with van der Waals surface area (Å²) in [6, 6.07) is 3.42. The Labute approximate surface area is 117 Å². The van der Waals surface area contributed by atoms with Crippen LogP contribution in [-0.4, -0.2) is 10.9 Å². The van der Waals surface area contributed by atoms with Crippen LogP contribution in [0.5, 0.6) is 0 Å². The lowest BCUT2D eigenvalue weighted by atomic mass is 9.64. The fourth-order valence-corrected chi connectivity index (χ4v) is 3.50. The van der Waals surface area contributed by atoms with Gasteiger partial charge in [0.25, 0.3) is 0 Å². The number of halogens is 2. The number of nitrogens with one attached hydrogen (secondary N) is 1. The van der Waals surface area contributed by atoms with Crippen molar-refractivity contribution in [2.24, 2.45) is 0 Å². The van der Waals surface area contributed by atoms with Crippen molar-refractivity contribution in [1.82, 2.24) is 4.98 Å². The molecule has 0 saturated heterocycles. The molecule has 19 heavy (non-hydrogen) atoms. The van der Waals surface area contributed by atoms with Gasteiger partial charge < -0.3 is 5.32 Å². The fraction of sp³-hybridized carbons (Fsp3) is 0.286. The third kappa shape index (κ3) is 1.26. The van der Waals surface area contributed by atoms with Gasteiger partial charge in [0.1, 0.15) is 5.82 Å². The van der Waals surface area contributed by atoms with Crippen molar-refractivity contribution >= 4 is 38.4 Å². The molecule has 0 radical (unpaired) electrons. The molecule has 1 N–H and O–H groups in total. The van der Waals surface area contributed by atoms with Crippen LogP contribution in [0.25, 0.3) is 10.9 Å². The second-order valence-electron chi connectivity index (χ2n) is 5.19. The molecular formula is C14H10BrFN2O. The molecule has 0 unspecified atom stereocenters. The van der Waals surface area contributed by atoms with Crippen molar-refractivity contribution < 1.29 is 9.18 Å². The number of carbonyl (C=O) groups is 1. The van der Waals surface area contributed by atoms with Gasteiger partial charge in [0, 0.05) is 10.9 Å². The largest absolute Gasteiger partial charge is 0.324 e. The first-order valence-electron chi connectivity index (χ1n) is 6.22. The Hall–Kier alpha value is -1.49. The third-order valence-corrected chi connectivity index (χ3v) is 4.91. The van der Waals surface area contributed by atoms with Crippen LogP contribution in [0.1, 0.15) is 24.8 Å². The van der Waals surface area contributed by atoms with Gasteiger partial charge in [-0.25, -0.2) is 4.39 Å². The van der Waals surface area contributed by atoms with Crippen molar-refractivity contribution in [3.8, 4) is 0 Å². The quantitative estimate of drug-likeness (QED) is 0.807. The number of rotatable bonds is 0. The van der Waals surface area contributed by atoms with E-state index in [2.05, 4.69) is 26.2 Å². The summed E-state index contributed by atoms with van der Waals surface area (Å²) in [7, 11) is 0. The highest BCUT2D eigenvalue weighted by molar-refractivity contribution is 9.10. The molecular weight excluding hydrogens is 311 g/mol. The molecule has 1 spiro atoms. The van der Waals surface area contributed by atoms with Crippen molar-refractivity contribution in [1.29, 1.82) is 0 Å². The Kier molecular flexibility index (Phi) is 2.11. The summed E-state index contributed by atoms with van der Waals surface area (Å²) in [4.78, 5) is 16.4. The molecule has 0 bridgehead atoms. The number of hydrogen-bond donors (Lipinski definition) is 1. The van der Waals surface area contributed by atoms with E-state index in [1.807, 2.05) is 0 Å². The van der Waals surface area contributed by atoms with Gasteiger partial charge in [0.2, 0.25) is 5.91 Å². The second kappa shape index (κ2) is 3.54. The average molecular weight is 321 g/mol. The number of pyridine rings is 1. The lowest BCUT2D eigenvalue weighted by Gasteiger charge is -2.36. The fourth-order valence-electron chi connectivity index (χ4n) is 3.17. The van der Waals surface area contributed by atoms with Gasteiger partial charge in [0.15, 0.2) is 0 Å². The van der Waals surface area contributed by atoms with Crippen LogP contribution in [0.3, 0.4) is 0 Å². The van der Waals surface area contributed by atoms with E-state index in [9.17, 15) is 9.18 Å². The summed E-state index contributed by atoms with van der Waals surface area (Å²) in [5.41, 5.74) is 1.53. The number of nitrogens with zero attached hydrogens (tertiary/aromatic N) is 1. The molecule has 5 heteroatoms. The summed E-state index contributed by atoms with van der Waals surface area (Å²) in [5, 5.41) is 3.32. The number of aromatic nitrogens is 1. The number of fused-ring (bicyclic) bond motifs is 4. The van der Waals surface area contributed by atoms with Crippen LogP contribution in [0.2, 0.25) is 0 Å². The predicted octanol–water partition coefficient (Wildman–Crippen LogP) is 3.51. The summed E-state index contributed by atoms with van der Waals surface area (Å²) in [6.45, 7) is 0. The zero-order valence-corrected chi connectivity index (χ0v) is 11.6. The van der Waals surface area contributed by atoms with Gasteiger partial charge in [-0.05, 0) is 40.9 Å². The normalized spacial score (nSPS) is 19.4. The Bertz CT molecular complexity index is 740. The molecule has 1 aromatic heterocycles. The lowest BCUT2D eigenvalue weighted by Crippen LogP contribution is -2.41. The van der Waals surface area contributed by atoms with Crippen molar-refractivity contribution in [3.63, 3.8) is 0 Å². The van der Waals surface area contributed by atoms with Crippen LogP contribution in [0.15, 0.2) is 22.8 Å². The molecule has 96 valence electrons. The Morgan fingerprint density at radius 3 is 2.84 bits per heavy atom. The summed E-state index contributed by atoms with van der Waals surface area (Å²) in [6.07, 6.45) is 4.22. The van der Waals surface area contributed by atoms with Crippen LogP contribution in [0.4, 0.5) is 10.1 Å². The third-order valence-electron chi connectivity index (χ3n) is 4.29. The number of anilines is 1. The summed E-state index contributed by atoms with van der Waals surface area (Å²) >= 11 is 3.21. The van der Waals surface area contributed by atoms with E-state index in [0.717, 1.165) is 24.8 Å². The summed E-state index contributed by atoms with van der Waals surface area (Å²) < 4.78 is 14.9. The van der Waals surface area contributed by atoms with E-state index in [4.69, 9.17) is 0 Å². The molecule has 1 aliphatic heterocycles. The molecule has 1 saturated carbocycles. The van der Waals surface area contributed by atoms with Gasteiger partial charge in [0.05, 0.1) is 27.3 Å². The predicted molar refractivity (Wildman–Crippen MR) is 73.6 cm³/mol. The number of amides is 1. The number of carbonyl (C=O) groups excluding carboxylic acids is 1. The van der Waals surface area contributed by atoms with E-state index in [-0.39, 0.29) is 11.7 Å². The van der Waals surface area contributed by atoms with Crippen LogP contribution in [0, 0.1) is 5.82 Å². The molecule has 0 atom stereocenters. The molecule has 2 aromatic rings. The van der Waals surface area contributed by atoms with Gasteiger partial charge in [-0.3, -0.25) is 9.78 Å². The first-order chi connectivity index (χ1) is 9.13. The average Bonchev–Trinajstić information content (AvgIpc) is 2.65. The Balaban J connectivity index is 2.15. The van der Waals surface area contributed by atoms with Gasteiger partial charge in [-0.15, -0.1) is 0 Å². The maximum Gasteiger partial charge on any atom is 0.235 e. The Morgan fingerprint density at radius 1 is 1.37 bits per heavy atom. The van der Waals surface area contributed by atoms with Crippen molar-refractivity contribution in [2.45, 2.75) is 24.7 Å². The van der Waals surface area contributed by atoms with E-state index in [0.29, 0.717) is 21.1 Å². The minimum atomic E-state index is -0.530. The summed E-state index contributed by atoms with van der Waals surface area (Å²) in [5.74, 6) is -0.341. The first-order valence-corrected chi connectivity index (χ1v) is 7.01. The standard InChI is InChI=1S/C14H10BrFN2O/c15-7-2-3-8-10(12(7)16)11-9(6-17-8)18-13(19)14(11)4-1-5-14/h2-3,6H,1,4-5H2,(H,18,19). The maximum absolute atomic E-state index is 14.5. The van der Waals surface area contributed by atoms with E-state index < -0.39 is 5.41 Å². The molecule has 1 aromatic carbocycles. The topological polar surface area (TPSA) is 42.0 Å². The van der Waals surface area contributed by atoms with Crippen molar-refractivity contribution in [2.75, 3.05) is 5.32 Å². The Morgan fingerprint density at radius 2 is 2.16 bits per heavy atom. The highest BCUT2D eigenvalue weighted by Crippen LogP contribution is 2.53. The highest BCUT2D eigenvalue weighted by atomic mass is 79.9. The molecule has 2 aliphatic rings. The zero-order valence-electron chi connectivity index (χ0n) is 9.96. The van der Waals surface area contributed by atoms with Gasteiger partial charge in [-0.2, -0.15) is 0 Å². The van der Waals surface area contributed by atoms with Crippen molar-refractivity contribution in [3.05, 3.63) is 34.2 Å². The lowest BCUT2D eigenvalue weighted by molar-refractivity contribution is -0.123. The number of benzene rings is 1. The molecule has 1 amide bonds. The SMILES string of the molecule is O=C1Nc2cnc3ccc(Br)c(F)c3c2C12CCC2. The van der Waals surface area contributed by atoms with Crippen LogP contribution in [-0.2, 0) is 10.2 Å². The van der Waals surface area contributed by atoms with E-state index in [1.165, 1.54) is 0 Å². The van der Waals surface area contributed by atoms with Gasteiger partial charge in [-0.1, -0.05) is 6.42 Å². The van der Waals surface area contributed by atoms with Crippen LogP contribution >= 0.6 is 15.9 Å².